The number of hydrogen-bond acceptors (Lipinski definition) is 2. The van der Waals surface area contributed by atoms with Crippen LogP contribution in [0, 0.1) is 4.77 Å². The summed E-state index contributed by atoms with van der Waals surface area (Å²) < 4.78 is 3.08. The predicted molar refractivity (Wildman–Crippen MR) is 80.7 cm³/mol. The molecular formula is C14H27N3S. The molecule has 4 heteroatoms. The molecule has 0 radical (unpaired) electrons. The van der Waals surface area contributed by atoms with Crippen LogP contribution in [0.2, 0.25) is 0 Å². The average molecular weight is 269 g/mol. The maximum absolute atomic E-state index is 5.37. The first-order chi connectivity index (χ1) is 8.23. The molecule has 0 unspecified atom stereocenters. The van der Waals surface area contributed by atoms with Gasteiger partial charge in [-0.05, 0) is 46.1 Å². The zero-order valence-corrected chi connectivity index (χ0v) is 13.4. The third-order valence-electron chi connectivity index (χ3n) is 3.41. The van der Waals surface area contributed by atoms with Crippen molar-refractivity contribution in [2.24, 2.45) is 0 Å². The van der Waals surface area contributed by atoms with Gasteiger partial charge >= 0.3 is 0 Å². The molecule has 0 fully saturated rings. The normalized spacial score (nSPS) is 12.7. The molecule has 0 saturated heterocycles. The third kappa shape index (κ3) is 3.95. The highest BCUT2D eigenvalue weighted by atomic mass is 32.1. The minimum Gasteiger partial charge on any atom is -0.337 e. The highest BCUT2D eigenvalue weighted by Gasteiger charge is 2.19. The topological polar surface area (TPSA) is 24.0 Å². The molecule has 104 valence electrons. The van der Waals surface area contributed by atoms with Gasteiger partial charge < -0.3 is 14.5 Å². The Labute approximate surface area is 116 Å². The van der Waals surface area contributed by atoms with Crippen molar-refractivity contribution in [2.75, 3.05) is 13.6 Å². The Hall–Kier alpha value is -0.610. The van der Waals surface area contributed by atoms with Crippen molar-refractivity contribution >= 4 is 12.2 Å². The van der Waals surface area contributed by atoms with E-state index in [2.05, 4.69) is 62.3 Å². The van der Waals surface area contributed by atoms with Crippen molar-refractivity contribution in [1.29, 1.82) is 0 Å². The lowest BCUT2D eigenvalue weighted by molar-refractivity contribution is 0.264. The maximum Gasteiger partial charge on any atom is 0.177 e. The molecule has 0 spiro atoms. The molecule has 1 aromatic heterocycles. The monoisotopic (exact) mass is 269 g/mol. The van der Waals surface area contributed by atoms with Crippen LogP contribution in [0.3, 0.4) is 0 Å². The second-order valence-corrected chi connectivity index (χ2v) is 6.70. The number of H-pyrrole nitrogens is 1. The van der Waals surface area contributed by atoms with E-state index in [-0.39, 0.29) is 5.41 Å². The first-order valence-corrected chi connectivity index (χ1v) is 7.13. The summed E-state index contributed by atoms with van der Waals surface area (Å²) in [5, 5.41) is 0. The van der Waals surface area contributed by atoms with Crippen LogP contribution in [0.1, 0.15) is 46.7 Å². The Bertz CT molecular complexity index is 423. The number of nitrogens with one attached hydrogen (secondary N) is 1. The molecule has 0 saturated carbocycles. The summed E-state index contributed by atoms with van der Waals surface area (Å²) in [6.45, 7) is 13.2. The molecule has 0 aliphatic rings. The Morgan fingerprint density at radius 2 is 2.00 bits per heavy atom. The first kappa shape index (κ1) is 15.4. The van der Waals surface area contributed by atoms with Gasteiger partial charge in [0.1, 0.15) is 0 Å². The summed E-state index contributed by atoms with van der Waals surface area (Å²) in [5.74, 6) is 0. The zero-order valence-electron chi connectivity index (χ0n) is 12.6. The van der Waals surface area contributed by atoms with Crippen LogP contribution in [0.5, 0.6) is 0 Å². The minimum absolute atomic E-state index is 0.136. The first-order valence-electron chi connectivity index (χ1n) is 6.72. The summed E-state index contributed by atoms with van der Waals surface area (Å²) in [5.41, 5.74) is 1.43. The van der Waals surface area contributed by atoms with Crippen LogP contribution in [-0.4, -0.2) is 34.1 Å². The van der Waals surface area contributed by atoms with Crippen LogP contribution in [-0.2, 0) is 12.0 Å². The lowest BCUT2D eigenvalue weighted by atomic mass is 9.92. The molecule has 1 rings (SSSR count). The number of imidazole rings is 1. The van der Waals surface area contributed by atoms with Crippen LogP contribution in [0.15, 0.2) is 6.20 Å². The highest BCUT2D eigenvalue weighted by Crippen LogP contribution is 2.22. The summed E-state index contributed by atoms with van der Waals surface area (Å²) in [6.07, 6.45) is 3.18. The van der Waals surface area contributed by atoms with E-state index < -0.39 is 0 Å². The number of rotatable bonds is 5. The molecule has 0 bridgehead atoms. The Kier molecular flexibility index (Phi) is 5.17. The number of hydrogen-bond donors (Lipinski definition) is 1. The zero-order chi connectivity index (χ0) is 13.9. The van der Waals surface area contributed by atoms with E-state index in [4.69, 9.17) is 12.2 Å². The molecular weight excluding hydrogens is 242 g/mol. The van der Waals surface area contributed by atoms with Gasteiger partial charge in [-0.25, -0.2) is 0 Å². The smallest absolute Gasteiger partial charge is 0.177 e. The van der Waals surface area contributed by atoms with Crippen LogP contribution in [0.4, 0.5) is 0 Å². The number of nitrogens with zero attached hydrogens (tertiary/aromatic N) is 2. The fourth-order valence-electron chi connectivity index (χ4n) is 1.98. The standard InChI is InChI=1S/C14H27N3S/c1-11(2)16(6)8-7-9-17-12(14(3,4)5)10-15-13(17)18/h10-11H,7-9H2,1-6H3,(H,15,18). The molecule has 0 aromatic carbocycles. The van der Waals surface area contributed by atoms with Gasteiger partial charge in [-0.2, -0.15) is 0 Å². The highest BCUT2D eigenvalue weighted by molar-refractivity contribution is 7.71. The minimum atomic E-state index is 0.136. The molecule has 0 aliphatic heterocycles. The van der Waals surface area contributed by atoms with Gasteiger partial charge in [0.25, 0.3) is 0 Å². The van der Waals surface area contributed by atoms with Gasteiger partial charge in [0.15, 0.2) is 4.77 Å². The molecule has 3 nitrogen and oxygen atoms in total. The largest absolute Gasteiger partial charge is 0.337 e. The lowest BCUT2D eigenvalue weighted by Gasteiger charge is -2.23. The van der Waals surface area contributed by atoms with Crippen molar-refractivity contribution in [3.8, 4) is 0 Å². The van der Waals surface area contributed by atoms with Crippen LogP contribution >= 0.6 is 12.2 Å². The summed E-state index contributed by atoms with van der Waals surface area (Å²) in [6, 6.07) is 0.603. The fourth-order valence-corrected chi connectivity index (χ4v) is 2.22. The second kappa shape index (κ2) is 6.02. The van der Waals surface area contributed by atoms with E-state index in [1.54, 1.807) is 0 Å². The molecule has 0 amide bonds. The summed E-state index contributed by atoms with van der Waals surface area (Å²) >= 11 is 5.37. The van der Waals surface area contributed by atoms with Crippen LogP contribution in [0.25, 0.3) is 0 Å². The van der Waals surface area contributed by atoms with E-state index in [0.717, 1.165) is 24.3 Å². The second-order valence-electron chi connectivity index (χ2n) is 6.31. The Balaban J connectivity index is 2.68. The van der Waals surface area contributed by atoms with Gasteiger partial charge in [-0.1, -0.05) is 20.8 Å². The summed E-state index contributed by atoms with van der Waals surface area (Å²) in [7, 11) is 2.17. The van der Waals surface area contributed by atoms with Crippen molar-refractivity contribution in [3.63, 3.8) is 0 Å². The van der Waals surface area contributed by atoms with Gasteiger partial charge in [0.2, 0.25) is 0 Å². The number of aromatic amines is 1. The predicted octanol–water partition coefficient (Wildman–Crippen LogP) is 3.57. The van der Waals surface area contributed by atoms with Gasteiger partial charge in [-0.3, -0.25) is 0 Å². The van der Waals surface area contributed by atoms with Crippen molar-refractivity contribution in [1.82, 2.24) is 14.5 Å². The maximum atomic E-state index is 5.37. The van der Waals surface area contributed by atoms with Crippen molar-refractivity contribution < 1.29 is 0 Å². The van der Waals surface area contributed by atoms with E-state index in [0.29, 0.717) is 6.04 Å². The SMILES string of the molecule is CC(C)N(C)CCCn1c(C(C)(C)C)c[nH]c1=S. The summed E-state index contributed by atoms with van der Waals surface area (Å²) in [4.78, 5) is 5.54. The molecule has 1 aromatic rings. The van der Waals surface area contributed by atoms with Crippen molar-refractivity contribution in [3.05, 3.63) is 16.7 Å². The molecule has 0 aliphatic carbocycles. The van der Waals surface area contributed by atoms with E-state index in [1.807, 2.05) is 0 Å². The van der Waals surface area contributed by atoms with Crippen LogP contribution < -0.4 is 0 Å². The van der Waals surface area contributed by atoms with E-state index >= 15 is 0 Å². The Morgan fingerprint density at radius 1 is 1.39 bits per heavy atom. The van der Waals surface area contributed by atoms with Gasteiger partial charge in [-0.15, -0.1) is 0 Å². The van der Waals surface area contributed by atoms with E-state index in [9.17, 15) is 0 Å². The number of aromatic nitrogens is 2. The van der Waals surface area contributed by atoms with E-state index in [1.165, 1.54) is 5.69 Å². The fraction of sp³-hybridized carbons (Fsp3) is 0.786. The Morgan fingerprint density at radius 3 is 2.50 bits per heavy atom. The molecule has 0 atom stereocenters. The van der Waals surface area contributed by atoms with Gasteiger partial charge in [0.05, 0.1) is 0 Å². The van der Waals surface area contributed by atoms with Gasteiger partial charge in [0, 0.05) is 29.9 Å². The lowest BCUT2D eigenvalue weighted by Crippen LogP contribution is -2.28. The molecule has 1 N–H and O–H groups in total. The average Bonchev–Trinajstić information content (AvgIpc) is 2.59. The quantitative estimate of drug-likeness (QED) is 0.826. The molecule has 18 heavy (non-hydrogen) atoms. The third-order valence-corrected chi connectivity index (χ3v) is 3.75. The van der Waals surface area contributed by atoms with Crippen molar-refractivity contribution in [2.45, 2.75) is 59.0 Å². The molecule has 1 heterocycles.